The van der Waals surface area contributed by atoms with Crippen molar-refractivity contribution in [2.75, 3.05) is 0 Å². The van der Waals surface area contributed by atoms with Crippen molar-refractivity contribution in [3.05, 3.63) is 78.9 Å². The molecule has 2 heteroatoms. The number of carbonyl (C=O) groups is 1. The number of benzene rings is 5. The van der Waals surface area contributed by atoms with Gasteiger partial charge in [-0.1, -0.05) is 72.8 Å². The molecule has 5 aromatic rings. The van der Waals surface area contributed by atoms with Gasteiger partial charge in [0.1, 0.15) is 5.75 Å². The minimum atomic E-state index is -0.304. The van der Waals surface area contributed by atoms with Crippen LogP contribution in [-0.4, -0.2) is 5.97 Å². The van der Waals surface area contributed by atoms with E-state index < -0.39 is 0 Å². The number of hydrogen-bond acceptors (Lipinski definition) is 2. The Balaban J connectivity index is 1.95. The van der Waals surface area contributed by atoms with E-state index in [1.165, 1.54) is 33.9 Å². The van der Waals surface area contributed by atoms with E-state index in [9.17, 15) is 4.79 Å². The van der Waals surface area contributed by atoms with Crippen LogP contribution in [0, 0.1) is 0 Å². The number of esters is 1. The van der Waals surface area contributed by atoms with Gasteiger partial charge in [0.05, 0.1) is 0 Å². The molecule has 124 valence electrons. The summed E-state index contributed by atoms with van der Waals surface area (Å²) in [6, 6.07) is 27.2. The maximum atomic E-state index is 11.5. The van der Waals surface area contributed by atoms with Crippen LogP contribution in [0.1, 0.15) is 6.92 Å². The number of hydrogen-bond donors (Lipinski definition) is 0. The van der Waals surface area contributed by atoms with Gasteiger partial charge in [0.15, 0.2) is 0 Å². The minimum Gasteiger partial charge on any atom is -0.426 e. The van der Waals surface area contributed by atoms with Crippen LogP contribution in [0.15, 0.2) is 78.9 Å². The molecule has 0 heterocycles. The maximum Gasteiger partial charge on any atom is 0.308 e. The predicted molar refractivity (Wildman–Crippen MR) is 108 cm³/mol. The molecule has 0 aliphatic rings. The van der Waals surface area contributed by atoms with Gasteiger partial charge in [0.25, 0.3) is 0 Å². The first-order valence-corrected chi connectivity index (χ1v) is 8.67. The summed E-state index contributed by atoms with van der Waals surface area (Å²) >= 11 is 0. The summed E-state index contributed by atoms with van der Waals surface area (Å²) in [5, 5.41) is 9.25. The molecule has 5 aromatic carbocycles. The van der Waals surface area contributed by atoms with Crippen molar-refractivity contribution in [2.24, 2.45) is 0 Å². The minimum absolute atomic E-state index is 0.304. The van der Waals surface area contributed by atoms with E-state index in [1.807, 2.05) is 18.2 Å². The molecule has 2 nitrogen and oxygen atoms in total. The summed E-state index contributed by atoms with van der Waals surface area (Å²) in [6.45, 7) is 1.44. The highest BCUT2D eigenvalue weighted by molar-refractivity contribution is 6.23. The predicted octanol–water partition coefficient (Wildman–Crippen LogP) is 6.22. The van der Waals surface area contributed by atoms with Crippen molar-refractivity contribution in [3.8, 4) is 5.75 Å². The van der Waals surface area contributed by atoms with E-state index in [-0.39, 0.29) is 5.97 Å². The van der Waals surface area contributed by atoms with E-state index in [2.05, 4.69) is 60.7 Å². The third-order valence-corrected chi connectivity index (χ3v) is 4.98. The van der Waals surface area contributed by atoms with Crippen LogP contribution in [0.4, 0.5) is 0 Å². The van der Waals surface area contributed by atoms with Crippen LogP contribution in [0.5, 0.6) is 5.75 Å². The number of carbonyl (C=O) groups excluding carboxylic acids is 1. The van der Waals surface area contributed by atoms with Crippen LogP contribution in [0.2, 0.25) is 0 Å². The maximum absolute atomic E-state index is 11.5. The summed E-state index contributed by atoms with van der Waals surface area (Å²) in [7, 11) is 0. The number of rotatable bonds is 1. The molecular weight excluding hydrogens is 320 g/mol. The molecule has 0 fully saturated rings. The molecule has 0 radical (unpaired) electrons. The molecule has 0 saturated carbocycles. The van der Waals surface area contributed by atoms with Crippen LogP contribution >= 0.6 is 0 Å². The van der Waals surface area contributed by atoms with Crippen molar-refractivity contribution in [2.45, 2.75) is 6.92 Å². The molecule has 0 bridgehead atoms. The topological polar surface area (TPSA) is 26.3 Å². The smallest absolute Gasteiger partial charge is 0.308 e. The van der Waals surface area contributed by atoms with Crippen LogP contribution in [0.3, 0.4) is 0 Å². The number of fused-ring (bicyclic) bond motifs is 7. The standard InChI is InChI=1S/C24H16O2/c1-15(25)26-23-8-4-6-17-10-12-21-20-11-9-16-5-2-3-7-18(16)19(20)13-14-22(21)24(17)23/h2-14H,1H3. The fraction of sp³-hybridized carbons (Fsp3) is 0.0417. The largest absolute Gasteiger partial charge is 0.426 e. The molecule has 0 aliphatic carbocycles. The van der Waals surface area contributed by atoms with Gasteiger partial charge >= 0.3 is 5.97 Å². The van der Waals surface area contributed by atoms with E-state index in [0.29, 0.717) is 5.75 Å². The zero-order valence-corrected chi connectivity index (χ0v) is 14.3. The summed E-state index contributed by atoms with van der Waals surface area (Å²) in [6.07, 6.45) is 0. The molecule has 0 unspecified atom stereocenters. The van der Waals surface area contributed by atoms with Crippen LogP contribution in [0.25, 0.3) is 43.1 Å². The lowest BCUT2D eigenvalue weighted by Gasteiger charge is -2.12. The molecule has 5 rings (SSSR count). The lowest BCUT2D eigenvalue weighted by Crippen LogP contribution is -2.01. The van der Waals surface area contributed by atoms with Gasteiger partial charge in [-0.3, -0.25) is 4.79 Å². The first-order valence-electron chi connectivity index (χ1n) is 8.67. The van der Waals surface area contributed by atoms with E-state index in [4.69, 9.17) is 4.74 Å². The molecule has 0 amide bonds. The second-order valence-corrected chi connectivity index (χ2v) is 6.56. The average molecular weight is 336 g/mol. The Morgan fingerprint density at radius 2 is 1.23 bits per heavy atom. The zero-order chi connectivity index (χ0) is 17.7. The summed E-state index contributed by atoms with van der Waals surface area (Å²) in [4.78, 5) is 11.5. The molecule has 26 heavy (non-hydrogen) atoms. The van der Waals surface area contributed by atoms with Crippen molar-refractivity contribution in [1.29, 1.82) is 0 Å². The van der Waals surface area contributed by atoms with E-state index in [0.717, 1.165) is 16.2 Å². The lowest BCUT2D eigenvalue weighted by atomic mass is 9.94. The Labute approximate surface area is 150 Å². The summed E-state index contributed by atoms with van der Waals surface area (Å²) < 4.78 is 5.48. The van der Waals surface area contributed by atoms with E-state index >= 15 is 0 Å². The van der Waals surface area contributed by atoms with Gasteiger partial charge in [0, 0.05) is 12.3 Å². The quantitative estimate of drug-likeness (QED) is 0.206. The molecule has 0 aromatic heterocycles. The Morgan fingerprint density at radius 3 is 2.08 bits per heavy atom. The highest BCUT2D eigenvalue weighted by atomic mass is 16.5. The van der Waals surface area contributed by atoms with Crippen molar-refractivity contribution in [3.63, 3.8) is 0 Å². The van der Waals surface area contributed by atoms with Crippen molar-refractivity contribution >= 4 is 49.1 Å². The Morgan fingerprint density at radius 1 is 0.615 bits per heavy atom. The normalized spacial score (nSPS) is 11.4. The zero-order valence-electron chi connectivity index (χ0n) is 14.3. The summed E-state index contributed by atoms with van der Waals surface area (Å²) in [5.41, 5.74) is 0. The van der Waals surface area contributed by atoms with Gasteiger partial charge in [-0.15, -0.1) is 0 Å². The molecule has 0 spiro atoms. The second kappa shape index (κ2) is 5.57. The molecule has 0 saturated heterocycles. The second-order valence-electron chi connectivity index (χ2n) is 6.56. The highest BCUT2D eigenvalue weighted by Crippen LogP contribution is 2.38. The Bertz CT molecular complexity index is 1330. The molecule has 0 N–H and O–H groups in total. The number of ether oxygens (including phenoxy) is 1. The first-order chi connectivity index (χ1) is 12.7. The fourth-order valence-corrected chi connectivity index (χ4v) is 3.90. The molecule has 0 aliphatic heterocycles. The molecule has 0 atom stereocenters. The fourth-order valence-electron chi connectivity index (χ4n) is 3.90. The third-order valence-electron chi connectivity index (χ3n) is 4.98. The SMILES string of the molecule is CC(=O)Oc1cccc2ccc3c4ccc5ccccc5c4ccc3c12. The van der Waals surface area contributed by atoms with Gasteiger partial charge < -0.3 is 4.74 Å². The first kappa shape index (κ1) is 14.9. The van der Waals surface area contributed by atoms with Crippen LogP contribution in [-0.2, 0) is 4.79 Å². The molecular formula is C24H16O2. The van der Waals surface area contributed by atoms with Gasteiger partial charge in [-0.05, 0) is 43.8 Å². The third kappa shape index (κ3) is 2.16. The summed E-state index contributed by atoms with van der Waals surface area (Å²) in [5.74, 6) is 0.307. The van der Waals surface area contributed by atoms with Crippen molar-refractivity contribution < 1.29 is 9.53 Å². The van der Waals surface area contributed by atoms with Gasteiger partial charge in [-0.25, -0.2) is 0 Å². The monoisotopic (exact) mass is 336 g/mol. The lowest BCUT2D eigenvalue weighted by molar-refractivity contribution is -0.131. The van der Waals surface area contributed by atoms with E-state index in [1.54, 1.807) is 0 Å². The highest BCUT2D eigenvalue weighted by Gasteiger charge is 2.11. The average Bonchev–Trinajstić information content (AvgIpc) is 2.66. The van der Waals surface area contributed by atoms with Gasteiger partial charge in [0.2, 0.25) is 0 Å². The van der Waals surface area contributed by atoms with Gasteiger partial charge in [-0.2, -0.15) is 0 Å². The van der Waals surface area contributed by atoms with Crippen LogP contribution < -0.4 is 4.74 Å². The Hall–Kier alpha value is -3.39. The van der Waals surface area contributed by atoms with Crippen molar-refractivity contribution in [1.82, 2.24) is 0 Å². The Kier molecular flexibility index (Phi) is 3.19.